The molecule has 1 aliphatic heterocycles. The molecule has 0 aliphatic carbocycles. The van der Waals surface area contributed by atoms with Crippen molar-refractivity contribution in [1.82, 2.24) is 10.2 Å². The highest BCUT2D eigenvalue weighted by molar-refractivity contribution is 5.76. The first kappa shape index (κ1) is 15.8. The van der Waals surface area contributed by atoms with Crippen LogP contribution in [0.4, 0.5) is 4.79 Å². The molecule has 19 heavy (non-hydrogen) atoms. The number of carboxylic acids is 1. The summed E-state index contributed by atoms with van der Waals surface area (Å²) in [7, 11) is 0. The molecule has 1 atom stereocenters. The molecule has 0 aromatic rings. The third-order valence-corrected chi connectivity index (χ3v) is 4.59. The molecule has 0 saturated carbocycles. The number of amides is 2. The summed E-state index contributed by atoms with van der Waals surface area (Å²) in [5.74, 6) is -1.42. The molecule has 0 radical (unpaired) electrons. The third kappa shape index (κ3) is 4.11. The van der Waals surface area contributed by atoms with Crippen LogP contribution in [0.25, 0.3) is 0 Å². The topological polar surface area (TPSA) is 69.6 Å². The molecule has 0 aromatic heterocycles. The van der Waals surface area contributed by atoms with E-state index < -0.39 is 11.9 Å². The predicted octanol–water partition coefficient (Wildman–Crippen LogP) is 2.32. The molecule has 1 unspecified atom stereocenters. The van der Waals surface area contributed by atoms with Crippen LogP contribution in [0.3, 0.4) is 0 Å². The zero-order valence-corrected chi connectivity index (χ0v) is 12.2. The lowest BCUT2D eigenvalue weighted by atomic mass is 9.74. The highest BCUT2D eigenvalue weighted by Gasteiger charge is 2.32. The SMILES string of the molecule is CCC1(CC)CCN(C(=O)NCC(C)C(=O)O)CC1. The van der Waals surface area contributed by atoms with Gasteiger partial charge in [-0.25, -0.2) is 4.79 Å². The van der Waals surface area contributed by atoms with Gasteiger partial charge in [0.1, 0.15) is 0 Å². The lowest BCUT2D eigenvalue weighted by Gasteiger charge is -2.41. The monoisotopic (exact) mass is 270 g/mol. The Morgan fingerprint density at radius 3 is 2.21 bits per heavy atom. The Labute approximate surface area is 115 Å². The van der Waals surface area contributed by atoms with Crippen molar-refractivity contribution < 1.29 is 14.7 Å². The van der Waals surface area contributed by atoms with Crippen molar-refractivity contribution in [3.05, 3.63) is 0 Å². The molecule has 1 aliphatic rings. The summed E-state index contributed by atoms with van der Waals surface area (Å²) in [5.41, 5.74) is 0.394. The van der Waals surface area contributed by atoms with Gasteiger partial charge in [-0.2, -0.15) is 0 Å². The number of nitrogens with one attached hydrogen (secondary N) is 1. The minimum atomic E-state index is -0.880. The van der Waals surface area contributed by atoms with E-state index in [0.29, 0.717) is 5.41 Å². The Morgan fingerprint density at radius 1 is 1.26 bits per heavy atom. The van der Waals surface area contributed by atoms with E-state index >= 15 is 0 Å². The molecule has 0 spiro atoms. The van der Waals surface area contributed by atoms with Crippen molar-refractivity contribution in [3.63, 3.8) is 0 Å². The number of carbonyl (C=O) groups is 2. The van der Waals surface area contributed by atoms with Crippen LogP contribution < -0.4 is 5.32 Å². The van der Waals surface area contributed by atoms with E-state index in [2.05, 4.69) is 19.2 Å². The van der Waals surface area contributed by atoms with E-state index in [4.69, 9.17) is 5.11 Å². The molecule has 2 amide bonds. The van der Waals surface area contributed by atoms with Gasteiger partial charge in [-0.3, -0.25) is 4.79 Å². The molecule has 0 bridgehead atoms. The fourth-order valence-electron chi connectivity index (χ4n) is 2.58. The van der Waals surface area contributed by atoms with Crippen LogP contribution in [0.2, 0.25) is 0 Å². The molecule has 1 fully saturated rings. The summed E-state index contributed by atoms with van der Waals surface area (Å²) < 4.78 is 0. The van der Waals surface area contributed by atoms with Gasteiger partial charge >= 0.3 is 12.0 Å². The van der Waals surface area contributed by atoms with Crippen molar-refractivity contribution in [2.24, 2.45) is 11.3 Å². The average molecular weight is 270 g/mol. The molecule has 0 aromatic carbocycles. The van der Waals surface area contributed by atoms with E-state index in [9.17, 15) is 9.59 Å². The molecule has 1 saturated heterocycles. The standard InChI is InChI=1S/C14H26N2O3/c1-4-14(5-2)6-8-16(9-7-14)13(19)15-10-11(3)12(17)18/h11H,4-10H2,1-3H3,(H,15,19)(H,17,18). The number of rotatable bonds is 5. The van der Waals surface area contributed by atoms with Gasteiger partial charge in [0.25, 0.3) is 0 Å². The summed E-state index contributed by atoms with van der Waals surface area (Å²) >= 11 is 0. The number of urea groups is 1. The van der Waals surface area contributed by atoms with Crippen LogP contribution in [0.15, 0.2) is 0 Å². The average Bonchev–Trinajstić information content (AvgIpc) is 2.44. The number of hydrogen-bond acceptors (Lipinski definition) is 2. The lowest BCUT2D eigenvalue weighted by molar-refractivity contribution is -0.140. The van der Waals surface area contributed by atoms with Crippen LogP contribution in [-0.4, -0.2) is 41.6 Å². The highest BCUT2D eigenvalue weighted by atomic mass is 16.4. The van der Waals surface area contributed by atoms with E-state index in [-0.39, 0.29) is 12.6 Å². The number of likely N-dealkylation sites (tertiary alicyclic amines) is 1. The number of hydrogen-bond donors (Lipinski definition) is 2. The Bertz CT molecular complexity index is 317. The van der Waals surface area contributed by atoms with E-state index in [1.54, 1.807) is 11.8 Å². The van der Waals surface area contributed by atoms with Gasteiger partial charge in [-0.15, -0.1) is 0 Å². The maximum Gasteiger partial charge on any atom is 0.317 e. The van der Waals surface area contributed by atoms with Crippen LogP contribution in [0, 0.1) is 11.3 Å². The predicted molar refractivity (Wildman–Crippen MR) is 74.0 cm³/mol. The van der Waals surface area contributed by atoms with Gasteiger partial charge in [0, 0.05) is 19.6 Å². The number of carbonyl (C=O) groups excluding carboxylic acids is 1. The van der Waals surface area contributed by atoms with Gasteiger partial charge in [-0.05, 0) is 18.3 Å². The largest absolute Gasteiger partial charge is 0.481 e. The summed E-state index contributed by atoms with van der Waals surface area (Å²) in [4.78, 5) is 24.4. The Balaban J connectivity index is 2.39. The molecule has 1 heterocycles. The molecule has 2 N–H and O–H groups in total. The van der Waals surface area contributed by atoms with Crippen LogP contribution in [-0.2, 0) is 4.79 Å². The van der Waals surface area contributed by atoms with E-state index in [1.165, 1.54) is 0 Å². The molecular formula is C14H26N2O3. The summed E-state index contributed by atoms with van der Waals surface area (Å²) in [6.07, 6.45) is 4.41. The van der Waals surface area contributed by atoms with Crippen molar-refractivity contribution in [3.8, 4) is 0 Å². The first-order chi connectivity index (χ1) is 8.94. The van der Waals surface area contributed by atoms with Gasteiger partial charge < -0.3 is 15.3 Å². The molecule has 1 rings (SSSR count). The van der Waals surface area contributed by atoms with Gasteiger partial charge in [0.2, 0.25) is 0 Å². The minimum absolute atomic E-state index is 0.131. The Morgan fingerprint density at radius 2 is 1.79 bits per heavy atom. The van der Waals surface area contributed by atoms with Gasteiger partial charge in [0.05, 0.1) is 5.92 Å². The van der Waals surface area contributed by atoms with Crippen LogP contribution >= 0.6 is 0 Å². The molecule has 5 nitrogen and oxygen atoms in total. The van der Waals surface area contributed by atoms with Crippen LogP contribution in [0.5, 0.6) is 0 Å². The summed E-state index contributed by atoms with van der Waals surface area (Å²) in [6.45, 7) is 7.76. The minimum Gasteiger partial charge on any atom is -0.481 e. The molecular weight excluding hydrogens is 244 g/mol. The van der Waals surface area contributed by atoms with Gasteiger partial charge in [-0.1, -0.05) is 33.6 Å². The maximum atomic E-state index is 11.9. The fraction of sp³-hybridized carbons (Fsp3) is 0.857. The second kappa shape index (κ2) is 6.78. The fourth-order valence-corrected chi connectivity index (χ4v) is 2.58. The Hall–Kier alpha value is -1.26. The first-order valence-electron chi connectivity index (χ1n) is 7.19. The second-order valence-corrected chi connectivity index (χ2v) is 5.62. The zero-order valence-electron chi connectivity index (χ0n) is 12.2. The number of aliphatic carboxylic acids is 1. The summed E-state index contributed by atoms with van der Waals surface area (Å²) in [5, 5.41) is 11.5. The normalized spacial score (nSPS) is 19.8. The van der Waals surface area contributed by atoms with Crippen LogP contribution in [0.1, 0.15) is 46.5 Å². The van der Waals surface area contributed by atoms with Crippen molar-refractivity contribution in [1.29, 1.82) is 0 Å². The molecule has 110 valence electrons. The quantitative estimate of drug-likeness (QED) is 0.805. The van der Waals surface area contributed by atoms with Crippen molar-refractivity contribution in [2.45, 2.75) is 46.5 Å². The Kier molecular flexibility index (Phi) is 5.63. The van der Waals surface area contributed by atoms with Crippen molar-refractivity contribution >= 4 is 12.0 Å². The smallest absolute Gasteiger partial charge is 0.317 e. The van der Waals surface area contributed by atoms with E-state index in [0.717, 1.165) is 38.8 Å². The second-order valence-electron chi connectivity index (χ2n) is 5.62. The van der Waals surface area contributed by atoms with E-state index in [1.807, 2.05) is 0 Å². The first-order valence-corrected chi connectivity index (χ1v) is 7.19. The lowest BCUT2D eigenvalue weighted by Crippen LogP contribution is -2.48. The number of nitrogens with zero attached hydrogens (tertiary/aromatic N) is 1. The molecule has 5 heteroatoms. The maximum absolute atomic E-state index is 11.9. The number of carboxylic acid groups (broad SMARTS) is 1. The highest BCUT2D eigenvalue weighted by Crippen LogP contribution is 2.37. The van der Waals surface area contributed by atoms with Crippen molar-refractivity contribution in [2.75, 3.05) is 19.6 Å². The zero-order chi connectivity index (χ0) is 14.5. The summed E-state index contributed by atoms with van der Waals surface area (Å²) in [6, 6.07) is -0.131. The van der Waals surface area contributed by atoms with Gasteiger partial charge in [0.15, 0.2) is 0 Å². The third-order valence-electron chi connectivity index (χ3n) is 4.59. The number of piperidine rings is 1.